The average molecular weight is 1200 g/mol. The molecule has 1 aliphatic heterocycles. The van der Waals surface area contributed by atoms with Crippen molar-refractivity contribution in [2.75, 3.05) is 9.80 Å². The molecule has 0 amide bonds. The minimum atomic E-state index is -2.22. The standard InChI is InChI=1S/C65H60F5N4O.Pt/c1-36(2)39-30-48(37(3)4)56(49(31-39)38(5)6)40-28-42(33-44(29-40)75-43-24-25-46-45-18-13-14-21-51(45)74(54(46)34-43)55-32-41(26-27-71-55)64(7,8)9)72-35-73(53-23-16-15-22-52(53)72)63-47(19-17-20-50(63)65(10,11)12)57-58(66)60(68)62(70)61(69)59(57)67;/h13-32,35-38H,1-12H3;/q-3;. The van der Waals surface area contributed by atoms with Crippen molar-refractivity contribution in [1.29, 1.82) is 0 Å². The monoisotopic (exact) mass is 1200 g/mol. The van der Waals surface area contributed by atoms with Crippen molar-refractivity contribution >= 4 is 44.6 Å². The van der Waals surface area contributed by atoms with Crippen LogP contribution in [0.25, 0.3) is 49.9 Å². The third kappa shape index (κ3) is 9.49. The second kappa shape index (κ2) is 20.3. The van der Waals surface area contributed by atoms with Crippen LogP contribution in [-0.2, 0) is 31.9 Å². The van der Waals surface area contributed by atoms with Crippen molar-refractivity contribution in [2.45, 2.75) is 112 Å². The third-order valence-corrected chi connectivity index (χ3v) is 14.3. The Morgan fingerprint density at radius 3 is 1.80 bits per heavy atom. The van der Waals surface area contributed by atoms with Gasteiger partial charge in [-0.25, -0.2) is 26.9 Å². The first-order valence-electron chi connectivity index (χ1n) is 25.6. The Balaban J connectivity index is 0.00000706. The Hall–Kier alpha value is -6.77. The molecule has 11 heteroatoms. The van der Waals surface area contributed by atoms with Gasteiger partial charge in [-0.3, -0.25) is 0 Å². The molecule has 0 aliphatic carbocycles. The molecule has 3 heterocycles. The molecule has 0 fully saturated rings. The Kier molecular flexibility index (Phi) is 14.4. The van der Waals surface area contributed by atoms with Crippen molar-refractivity contribution in [3.8, 4) is 39.6 Å². The number of benzene rings is 7. The van der Waals surface area contributed by atoms with Gasteiger partial charge in [-0.05, 0) is 97.7 Å². The van der Waals surface area contributed by atoms with Gasteiger partial charge in [0.05, 0.1) is 5.56 Å². The Morgan fingerprint density at radius 1 is 0.566 bits per heavy atom. The largest absolute Gasteiger partial charge is 0.509 e. The molecule has 394 valence electrons. The Labute approximate surface area is 457 Å². The van der Waals surface area contributed by atoms with E-state index in [1.807, 2.05) is 98.6 Å². The number of halogens is 5. The summed E-state index contributed by atoms with van der Waals surface area (Å²) in [5.41, 5.74) is 9.19. The zero-order chi connectivity index (χ0) is 53.6. The minimum absolute atomic E-state index is 0. The molecule has 0 saturated heterocycles. The summed E-state index contributed by atoms with van der Waals surface area (Å²) in [6.45, 7) is 27.4. The molecule has 0 radical (unpaired) electrons. The van der Waals surface area contributed by atoms with E-state index < -0.39 is 40.1 Å². The van der Waals surface area contributed by atoms with Crippen LogP contribution in [0.2, 0.25) is 0 Å². The quantitative estimate of drug-likeness (QED) is 0.0591. The predicted molar refractivity (Wildman–Crippen MR) is 295 cm³/mol. The van der Waals surface area contributed by atoms with Gasteiger partial charge in [0.1, 0.15) is 5.82 Å². The second-order valence-electron chi connectivity index (χ2n) is 22.6. The van der Waals surface area contributed by atoms with Gasteiger partial charge >= 0.3 is 0 Å². The van der Waals surface area contributed by atoms with E-state index in [4.69, 9.17) is 9.72 Å². The molecule has 1 aliphatic rings. The van der Waals surface area contributed by atoms with Gasteiger partial charge in [0, 0.05) is 66.9 Å². The molecule has 0 saturated carbocycles. The number of ether oxygens (including phenoxy) is 1. The summed E-state index contributed by atoms with van der Waals surface area (Å²) >= 11 is 0. The first-order valence-corrected chi connectivity index (χ1v) is 25.6. The molecule has 2 aromatic heterocycles. The maximum atomic E-state index is 16.0. The summed E-state index contributed by atoms with van der Waals surface area (Å²) in [6, 6.07) is 44.6. The van der Waals surface area contributed by atoms with Gasteiger partial charge in [0.2, 0.25) is 5.82 Å². The van der Waals surface area contributed by atoms with Crippen LogP contribution in [0.4, 0.5) is 44.7 Å². The van der Waals surface area contributed by atoms with Crippen LogP contribution in [0.5, 0.6) is 11.5 Å². The van der Waals surface area contributed by atoms with Crippen LogP contribution in [0.3, 0.4) is 0 Å². The molecule has 0 N–H and O–H groups in total. The van der Waals surface area contributed by atoms with Crippen LogP contribution < -0.4 is 14.5 Å². The van der Waals surface area contributed by atoms with E-state index in [0.717, 1.165) is 44.3 Å². The van der Waals surface area contributed by atoms with E-state index in [2.05, 4.69) is 115 Å². The first-order chi connectivity index (χ1) is 35.5. The molecule has 0 spiro atoms. The molecule has 10 rings (SSSR count). The zero-order valence-corrected chi connectivity index (χ0v) is 47.0. The van der Waals surface area contributed by atoms with E-state index in [0.29, 0.717) is 34.1 Å². The summed E-state index contributed by atoms with van der Waals surface area (Å²) in [4.78, 5) is 8.57. The van der Waals surface area contributed by atoms with E-state index in [9.17, 15) is 4.39 Å². The number of fused-ring (bicyclic) bond motifs is 4. The summed E-state index contributed by atoms with van der Waals surface area (Å²) in [7, 11) is 0. The molecule has 7 aromatic carbocycles. The van der Waals surface area contributed by atoms with Gasteiger partial charge in [0.25, 0.3) is 0 Å². The fourth-order valence-corrected chi connectivity index (χ4v) is 10.4. The molecule has 0 bridgehead atoms. The van der Waals surface area contributed by atoms with Crippen molar-refractivity contribution in [3.05, 3.63) is 197 Å². The number of hydrogen-bond donors (Lipinski definition) is 0. The maximum absolute atomic E-state index is 16.0. The normalized spacial score (nSPS) is 12.9. The molecule has 0 unspecified atom stereocenters. The molecular formula is C65H60F5N4OPt-3. The average Bonchev–Trinajstić information content (AvgIpc) is 3.94. The number of anilines is 4. The van der Waals surface area contributed by atoms with Crippen molar-refractivity contribution in [1.82, 2.24) is 9.55 Å². The van der Waals surface area contributed by atoms with Crippen molar-refractivity contribution in [2.24, 2.45) is 0 Å². The van der Waals surface area contributed by atoms with E-state index in [-0.39, 0.29) is 55.5 Å². The number of para-hydroxylation sites is 4. The Bertz CT molecular complexity index is 3660. The van der Waals surface area contributed by atoms with E-state index >= 15 is 17.6 Å². The van der Waals surface area contributed by atoms with E-state index in [1.54, 1.807) is 17.6 Å². The zero-order valence-electron chi connectivity index (χ0n) is 44.8. The van der Waals surface area contributed by atoms with Crippen LogP contribution >= 0.6 is 0 Å². The number of hydrogen-bond acceptors (Lipinski definition) is 4. The summed E-state index contributed by atoms with van der Waals surface area (Å²) < 4.78 is 86.0. The number of rotatable bonds is 10. The van der Waals surface area contributed by atoms with Crippen LogP contribution in [0.15, 0.2) is 121 Å². The minimum Gasteiger partial charge on any atom is -0.509 e. The summed E-state index contributed by atoms with van der Waals surface area (Å²) in [5.74, 6) is -7.93. The van der Waals surface area contributed by atoms with Gasteiger partial charge in [-0.15, -0.1) is 53.6 Å². The molecule has 76 heavy (non-hydrogen) atoms. The molecule has 5 nitrogen and oxygen atoms in total. The smallest absolute Gasteiger partial charge is 0.200 e. The fourth-order valence-electron chi connectivity index (χ4n) is 10.4. The fraction of sp³-hybridized carbons (Fsp3) is 0.262. The van der Waals surface area contributed by atoms with Crippen molar-refractivity contribution in [3.63, 3.8) is 0 Å². The molecule has 9 aromatic rings. The molecular weight excluding hydrogens is 1140 g/mol. The van der Waals surface area contributed by atoms with Gasteiger partial charge in [0.15, 0.2) is 23.3 Å². The van der Waals surface area contributed by atoms with Gasteiger partial charge < -0.3 is 19.1 Å². The van der Waals surface area contributed by atoms with Crippen LogP contribution in [0.1, 0.15) is 129 Å². The number of nitrogens with zero attached hydrogens (tertiary/aromatic N) is 4. The van der Waals surface area contributed by atoms with Gasteiger partial charge in [-0.1, -0.05) is 149 Å². The first kappa shape index (κ1) is 54.0. The number of aromatic nitrogens is 2. The van der Waals surface area contributed by atoms with Crippen LogP contribution in [-0.4, -0.2) is 9.55 Å². The summed E-state index contributed by atoms with van der Waals surface area (Å²) in [5, 5.41) is 2.03. The van der Waals surface area contributed by atoms with E-state index in [1.165, 1.54) is 22.8 Å². The van der Waals surface area contributed by atoms with Gasteiger partial charge in [-0.2, -0.15) is 6.07 Å². The number of pyridine rings is 1. The third-order valence-electron chi connectivity index (χ3n) is 14.3. The maximum Gasteiger partial charge on any atom is 0.200 e. The van der Waals surface area contributed by atoms with Crippen molar-refractivity contribution < 1.29 is 47.8 Å². The SMILES string of the molecule is CC(C)c1cc(C(C)C)c(-c2cc(Oc3[c-]c4c(cc3)c3ccccc3n4-c3cc(C(C)(C)C)ccn3)[c-]c(N3[CH-]N(c4c(-c5c(F)c(F)c(F)c(F)c5F)cccc4C(C)(C)C)c4ccccc43)c2)c(C(C)C)c1.[Pt]. The van der Waals surface area contributed by atoms with Crippen LogP contribution in [0, 0.1) is 47.9 Å². The Morgan fingerprint density at radius 2 is 1.18 bits per heavy atom. The molecule has 0 atom stereocenters. The second-order valence-corrected chi connectivity index (χ2v) is 22.6. The topological polar surface area (TPSA) is 33.5 Å². The predicted octanol–water partition coefficient (Wildman–Crippen LogP) is 19.0. The summed E-state index contributed by atoms with van der Waals surface area (Å²) in [6.07, 6.45) is 1.85.